The summed E-state index contributed by atoms with van der Waals surface area (Å²) in [5.41, 5.74) is 1.93. The monoisotopic (exact) mass is 301 g/mol. The van der Waals surface area contributed by atoms with Crippen molar-refractivity contribution >= 4 is 5.78 Å². The number of ketones is 1. The molecule has 22 heavy (non-hydrogen) atoms. The minimum Gasteiger partial charge on any atom is -0.377 e. The van der Waals surface area contributed by atoms with Crippen molar-refractivity contribution in [1.82, 2.24) is 4.90 Å². The minimum absolute atomic E-state index is 0.125. The Morgan fingerprint density at radius 2 is 1.68 bits per heavy atom. The molecule has 0 amide bonds. The molecular weight excluding hydrogens is 270 g/mol. The smallest absolute Gasteiger partial charge is 0.159 e. The number of hydrogen-bond acceptors (Lipinski definition) is 2. The van der Waals surface area contributed by atoms with E-state index in [0.29, 0.717) is 11.2 Å². The van der Waals surface area contributed by atoms with Crippen LogP contribution in [0.1, 0.15) is 58.8 Å². The van der Waals surface area contributed by atoms with Crippen LogP contribution in [0.4, 0.5) is 0 Å². The molecule has 1 unspecified atom stereocenters. The number of carbonyl (C=O) groups excluding carboxylic acids is 1. The quantitative estimate of drug-likeness (QED) is 0.726. The summed E-state index contributed by atoms with van der Waals surface area (Å²) >= 11 is 0. The van der Waals surface area contributed by atoms with Crippen molar-refractivity contribution in [2.45, 2.75) is 58.8 Å². The van der Waals surface area contributed by atoms with E-state index in [1.165, 1.54) is 50.8 Å². The molecular formula is C20H31NO. The van der Waals surface area contributed by atoms with Crippen LogP contribution < -0.4 is 0 Å². The second-order valence-corrected chi connectivity index (χ2v) is 9.25. The molecule has 0 aromatic heterocycles. The van der Waals surface area contributed by atoms with Crippen molar-refractivity contribution in [2.24, 2.45) is 35.0 Å². The Morgan fingerprint density at radius 1 is 1.14 bits per heavy atom. The molecule has 2 nitrogen and oxygen atoms in total. The lowest BCUT2D eigenvalue weighted by molar-refractivity contribution is -0.117. The van der Waals surface area contributed by atoms with Gasteiger partial charge in [0.25, 0.3) is 0 Å². The normalized spacial score (nSPS) is 45.3. The van der Waals surface area contributed by atoms with Gasteiger partial charge in [0.2, 0.25) is 0 Å². The average molecular weight is 301 g/mol. The van der Waals surface area contributed by atoms with Gasteiger partial charge in [-0.25, -0.2) is 0 Å². The average Bonchev–Trinajstić information content (AvgIpc) is 2.79. The van der Waals surface area contributed by atoms with Crippen LogP contribution in [0.2, 0.25) is 0 Å². The molecule has 5 aliphatic rings. The summed E-state index contributed by atoms with van der Waals surface area (Å²) in [5, 5.41) is 0. The van der Waals surface area contributed by atoms with Crippen LogP contribution in [-0.2, 0) is 4.79 Å². The molecule has 1 atom stereocenters. The SMILES string of the molecule is CC(C)C(=O)/C=C1\CC(C23CC4CC(CC(C4)C2)C3)CN1C. The highest BCUT2D eigenvalue weighted by atomic mass is 16.1. The molecule has 0 spiro atoms. The summed E-state index contributed by atoms with van der Waals surface area (Å²) in [4.78, 5) is 14.5. The van der Waals surface area contributed by atoms with Crippen molar-refractivity contribution < 1.29 is 4.79 Å². The summed E-state index contributed by atoms with van der Waals surface area (Å²) in [7, 11) is 2.19. The third-order valence-electron chi connectivity index (χ3n) is 7.27. The van der Waals surface area contributed by atoms with E-state index in [4.69, 9.17) is 0 Å². The largest absolute Gasteiger partial charge is 0.377 e. The van der Waals surface area contributed by atoms with Crippen LogP contribution >= 0.6 is 0 Å². The number of nitrogens with zero attached hydrogens (tertiary/aromatic N) is 1. The van der Waals surface area contributed by atoms with Gasteiger partial charge in [0.1, 0.15) is 0 Å². The van der Waals surface area contributed by atoms with Gasteiger partial charge < -0.3 is 4.90 Å². The lowest BCUT2D eigenvalue weighted by Gasteiger charge is -2.59. The summed E-state index contributed by atoms with van der Waals surface area (Å²) in [5.74, 6) is 4.32. The molecule has 0 aromatic carbocycles. The predicted molar refractivity (Wildman–Crippen MR) is 89.3 cm³/mol. The lowest BCUT2D eigenvalue weighted by Crippen LogP contribution is -2.50. The molecule has 5 rings (SSSR count). The zero-order valence-electron chi connectivity index (χ0n) is 14.5. The molecule has 4 saturated carbocycles. The third-order valence-corrected chi connectivity index (χ3v) is 7.27. The Bertz CT molecular complexity index is 469. The van der Waals surface area contributed by atoms with Gasteiger partial charge in [0, 0.05) is 31.3 Å². The van der Waals surface area contributed by atoms with Gasteiger partial charge in [-0.3, -0.25) is 4.79 Å². The van der Waals surface area contributed by atoms with Gasteiger partial charge in [-0.15, -0.1) is 0 Å². The molecule has 1 heterocycles. The predicted octanol–water partition coefficient (Wildman–Crippen LogP) is 4.26. The number of carbonyl (C=O) groups is 1. The Labute approximate surface area is 135 Å². The van der Waals surface area contributed by atoms with Crippen molar-refractivity contribution in [1.29, 1.82) is 0 Å². The van der Waals surface area contributed by atoms with E-state index in [1.807, 2.05) is 19.9 Å². The molecule has 5 fully saturated rings. The van der Waals surface area contributed by atoms with Gasteiger partial charge in [0.05, 0.1) is 0 Å². The highest BCUT2D eigenvalue weighted by molar-refractivity contribution is 5.91. The van der Waals surface area contributed by atoms with E-state index >= 15 is 0 Å². The van der Waals surface area contributed by atoms with E-state index in [2.05, 4.69) is 11.9 Å². The van der Waals surface area contributed by atoms with Gasteiger partial charge in [-0.05, 0) is 74.0 Å². The van der Waals surface area contributed by atoms with E-state index in [9.17, 15) is 4.79 Å². The van der Waals surface area contributed by atoms with E-state index < -0.39 is 0 Å². The van der Waals surface area contributed by atoms with Crippen LogP contribution in [0.5, 0.6) is 0 Å². The molecule has 0 aromatic rings. The van der Waals surface area contributed by atoms with Crippen LogP contribution in [0.25, 0.3) is 0 Å². The van der Waals surface area contributed by atoms with Crippen LogP contribution in [0, 0.1) is 35.0 Å². The fourth-order valence-corrected chi connectivity index (χ4v) is 6.51. The Morgan fingerprint density at radius 3 is 2.18 bits per heavy atom. The van der Waals surface area contributed by atoms with Gasteiger partial charge in [0.15, 0.2) is 5.78 Å². The molecule has 0 N–H and O–H groups in total. The molecule has 4 bridgehead atoms. The van der Waals surface area contributed by atoms with Gasteiger partial charge >= 0.3 is 0 Å². The lowest BCUT2D eigenvalue weighted by atomic mass is 9.46. The fraction of sp³-hybridized carbons (Fsp3) is 0.850. The second kappa shape index (κ2) is 5.11. The summed E-state index contributed by atoms with van der Waals surface area (Å²) in [6.45, 7) is 5.19. The molecule has 0 radical (unpaired) electrons. The molecule has 122 valence electrons. The number of hydrogen-bond donors (Lipinski definition) is 0. The Kier molecular flexibility index (Phi) is 3.43. The highest BCUT2D eigenvalue weighted by Gasteiger charge is 2.55. The van der Waals surface area contributed by atoms with Crippen molar-refractivity contribution in [2.75, 3.05) is 13.6 Å². The molecule has 4 aliphatic carbocycles. The van der Waals surface area contributed by atoms with Crippen LogP contribution in [0.3, 0.4) is 0 Å². The van der Waals surface area contributed by atoms with Crippen LogP contribution in [0.15, 0.2) is 11.8 Å². The first-order valence-corrected chi connectivity index (χ1v) is 9.41. The summed E-state index contributed by atoms with van der Waals surface area (Å²) in [6, 6.07) is 0. The maximum Gasteiger partial charge on any atom is 0.159 e. The van der Waals surface area contributed by atoms with Crippen molar-refractivity contribution in [3.05, 3.63) is 11.8 Å². The van der Waals surface area contributed by atoms with Crippen molar-refractivity contribution in [3.8, 4) is 0 Å². The zero-order valence-corrected chi connectivity index (χ0v) is 14.5. The first kappa shape index (κ1) is 14.8. The first-order chi connectivity index (χ1) is 10.4. The van der Waals surface area contributed by atoms with E-state index in [0.717, 1.165) is 30.1 Å². The topological polar surface area (TPSA) is 20.3 Å². The number of likely N-dealkylation sites (tertiary alicyclic amines) is 1. The Balaban J connectivity index is 1.54. The van der Waals surface area contributed by atoms with Crippen molar-refractivity contribution in [3.63, 3.8) is 0 Å². The summed E-state index contributed by atoms with van der Waals surface area (Å²) in [6.07, 6.45) is 12.1. The minimum atomic E-state index is 0.125. The van der Waals surface area contributed by atoms with E-state index in [1.54, 1.807) is 0 Å². The molecule has 2 heteroatoms. The summed E-state index contributed by atoms with van der Waals surface area (Å²) < 4.78 is 0. The molecule has 1 saturated heterocycles. The van der Waals surface area contributed by atoms with Gasteiger partial charge in [-0.1, -0.05) is 13.8 Å². The number of allylic oxidation sites excluding steroid dienone is 2. The van der Waals surface area contributed by atoms with E-state index in [-0.39, 0.29) is 5.92 Å². The number of rotatable bonds is 3. The van der Waals surface area contributed by atoms with Crippen LogP contribution in [-0.4, -0.2) is 24.3 Å². The highest BCUT2D eigenvalue weighted by Crippen LogP contribution is 2.64. The maximum atomic E-state index is 12.1. The Hall–Kier alpha value is -0.790. The third kappa shape index (κ3) is 2.34. The van der Waals surface area contributed by atoms with Gasteiger partial charge in [-0.2, -0.15) is 0 Å². The zero-order chi connectivity index (χ0) is 15.5. The maximum absolute atomic E-state index is 12.1. The first-order valence-electron chi connectivity index (χ1n) is 9.41. The standard InChI is InChI=1S/C20H31NO/c1-13(2)19(22)8-18-7-17(12-21(18)3)20-9-14-4-15(10-20)6-16(5-14)11-20/h8,13-17H,4-7,9-12H2,1-3H3/b18-8+. The second-order valence-electron chi connectivity index (χ2n) is 9.25. The fourth-order valence-electron chi connectivity index (χ4n) is 6.51. The molecule has 1 aliphatic heterocycles.